The molecule has 1 aromatic heterocycles. The second-order valence-corrected chi connectivity index (χ2v) is 7.23. The summed E-state index contributed by atoms with van der Waals surface area (Å²) in [5.41, 5.74) is 7.35. The molecule has 104 valence electrons. The van der Waals surface area contributed by atoms with Crippen LogP contribution in [0.5, 0.6) is 0 Å². The van der Waals surface area contributed by atoms with Gasteiger partial charge in [-0.2, -0.15) is 0 Å². The minimum atomic E-state index is -0.0612. The Labute approximate surface area is 118 Å². The van der Waals surface area contributed by atoms with Crippen LogP contribution < -0.4 is 5.73 Å². The van der Waals surface area contributed by atoms with Crippen LogP contribution in [0.15, 0.2) is 35.4 Å². The molecule has 0 radical (unpaired) electrons. The first-order valence-corrected chi connectivity index (χ1v) is 7.40. The SMILES string of the molecule is CC(C)(C)C(N)C(CO)Sc1cc2ccccc2[nH]1. The Balaban J connectivity index is 2.18. The molecule has 4 N–H and O–H groups in total. The fourth-order valence-corrected chi connectivity index (χ4v) is 3.37. The number of hydrogen-bond acceptors (Lipinski definition) is 3. The monoisotopic (exact) mass is 278 g/mol. The molecule has 3 nitrogen and oxygen atoms in total. The fourth-order valence-electron chi connectivity index (χ4n) is 2.06. The zero-order valence-electron chi connectivity index (χ0n) is 11.7. The van der Waals surface area contributed by atoms with Crippen molar-refractivity contribution in [2.24, 2.45) is 11.1 Å². The van der Waals surface area contributed by atoms with Gasteiger partial charge in [-0.3, -0.25) is 0 Å². The number of nitrogens with one attached hydrogen (secondary N) is 1. The number of thioether (sulfide) groups is 1. The minimum absolute atomic E-state index is 0.00642. The number of H-pyrrole nitrogens is 1. The highest BCUT2D eigenvalue weighted by Crippen LogP contribution is 2.32. The van der Waals surface area contributed by atoms with E-state index in [-0.39, 0.29) is 23.3 Å². The Morgan fingerprint density at radius 1 is 1.32 bits per heavy atom. The first kappa shape index (κ1) is 14.4. The molecule has 0 saturated heterocycles. The summed E-state index contributed by atoms with van der Waals surface area (Å²) in [4.78, 5) is 3.36. The normalized spacial score (nSPS) is 15.6. The molecule has 0 bridgehead atoms. The summed E-state index contributed by atoms with van der Waals surface area (Å²) < 4.78 is 0. The summed E-state index contributed by atoms with van der Waals surface area (Å²) in [6.45, 7) is 6.39. The number of rotatable bonds is 4. The minimum Gasteiger partial charge on any atom is -0.395 e. The van der Waals surface area contributed by atoms with Crippen LogP contribution in [0.3, 0.4) is 0 Å². The Kier molecular flexibility index (Phi) is 4.23. The molecule has 1 heterocycles. The molecule has 0 saturated carbocycles. The molecule has 19 heavy (non-hydrogen) atoms. The van der Waals surface area contributed by atoms with E-state index >= 15 is 0 Å². The van der Waals surface area contributed by atoms with Crippen molar-refractivity contribution in [2.75, 3.05) is 6.61 Å². The van der Waals surface area contributed by atoms with Gasteiger partial charge in [-0.25, -0.2) is 0 Å². The van der Waals surface area contributed by atoms with Gasteiger partial charge in [0.2, 0.25) is 0 Å². The van der Waals surface area contributed by atoms with E-state index in [1.54, 1.807) is 11.8 Å². The average molecular weight is 278 g/mol. The highest BCUT2D eigenvalue weighted by Gasteiger charge is 2.29. The van der Waals surface area contributed by atoms with Crippen molar-refractivity contribution in [3.63, 3.8) is 0 Å². The summed E-state index contributed by atoms with van der Waals surface area (Å²) in [5, 5.41) is 11.8. The van der Waals surface area contributed by atoms with Crippen LogP contribution in [0.2, 0.25) is 0 Å². The highest BCUT2D eigenvalue weighted by atomic mass is 32.2. The van der Waals surface area contributed by atoms with E-state index in [9.17, 15) is 5.11 Å². The molecule has 0 fully saturated rings. The first-order chi connectivity index (χ1) is 8.91. The Bertz CT molecular complexity index is 511. The van der Waals surface area contributed by atoms with Gasteiger partial charge in [0.25, 0.3) is 0 Å². The molecular weight excluding hydrogens is 256 g/mol. The van der Waals surface area contributed by atoms with Crippen molar-refractivity contribution in [3.8, 4) is 0 Å². The molecule has 0 amide bonds. The first-order valence-electron chi connectivity index (χ1n) is 6.52. The molecule has 2 aromatic rings. The van der Waals surface area contributed by atoms with Crippen LogP contribution >= 0.6 is 11.8 Å². The van der Waals surface area contributed by atoms with Crippen LogP contribution in [0.1, 0.15) is 20.8 Å². The van der Waals surface area contributed by atoms with Crippen molar-refractivity contribution in [1.29, 1.82) is 0 Å². The van der Waals surface area contributed by atoms with Gasteiger partial charge in [-0.1, -0.05) is 39.0 Å². The number of aliphatic hydroxyl groups excluding tert-OH is 1. The Morgan fingerprint density at radius 3 is 2.58 bits per heavy atom. The number of nitrogens with two attached hydrogens (primary N) is 1. The van der Waals surface area contributed by atoms with Gasteiger partial charge >= 0.3 is 0 Å². The van der Waals surface area contributed by atoms with Crippen LogP contribution in [-0.4, -0.2) is 28.0 Å². The highest BCUT2D eigenvalue weighted by molar-refractivity contribution is 8.00. The maximum absolute atomic E-state index is 9.58. The van der Waals surface area contributed by atoms with Gasteiger partial charge in [0.1, 0.15) is 0 Å². The number of aromatic nitrogens is 1. The lowest BCUT2D eigenvalue weighted by Crippen LogP contribution is -2.45. The zero-order valence-corrected chi connectivity index (χ0v) is 12.5. The van der Waals surface area contributed by atoms with Crippen LogP contribution in [0.25, 0.3) is 10.9 Å². The summed E-state index contributed by atoms with van der Waals surface area (Å²) in [5.74, 6) is 0. The number of para-hydroxylation sites is 1. The van der Waals surface area contributed by atoms with E-state index in [0.29, 0.717) is 0 Å². The number of hydrogen-bond donors (Lipinski definition) is 3. The molecular formula is C15H22N2OS. The van der Waals surface area contributed by atoms with E-state index in [2.05, 4.69) is 44.0 Å². The Morgan fingerprint density at radius 2 is 2.00 bits per heavy atom. The Hall–Kier alpha value is -0.970. The van der Waals surface area contributed by atoms with Gasteiger partial charge in [0.05, 0.1) is 11.6 Å². The van der Waals surface area contributed by atoms with Crippen molar-refractivity contribution < 1.29 is 5.11 Å². The predicted molar refractivity (Wildman–Crippen MR) is 82.5 cm³/mol. The van der Waals surface area contributed by atoms with Crippen molar-refractivity contribution in [2.45, 2.75) is 37.1 Å². The maximum Gasteiger partial charge on any atom is 0.0736 e. The van der Waals surface area contributed by atoms with Gasteiger partial charge in [0, 0.05) is 22.2 Å². The standard InChI is InChI=1S/C15H22N2OS/c1-15(2,3)14(16)12(9-18)19-13-8-10-6-4-5-7-11(10)17-13/h4-8,12,14,17-18H,9,16H2,1-3H3. The van der Waals surface area contributed by atoms with E-state index in [1.807, 2.05) is 12.1 Å². The number of benzene rings is 1. The maximum atomic E-state index is 9.58. The zero-order chi connectivity index (χ0) is 14.0. The topological polar surface area (TPSA) is 62.0 Å². The van der Waals surface area contributed by atoms with Crippen molar-refractivity contribution in [1.82, 2.24) is 4.98 Å². The molecule has 1 aromatic carbocycles. The molecule has 2 rings (SSSR count). The van der Waals surface area contributed by atoms with E-state index < -0.39 is 0 Å². The lowest BCUT2D eigenvalue weighted by Gasteiger charge is -2.32. The van der Waals surface area contributed by atoms with Gasteiger partial charge < -0.3 is 15.8 Å². The molecule has 0 aliphatic heterocycles. The van der Waals surface area contributed by atoms with E-state index in [1.165, 1.54) is 5.39 Å². The smallest absolute Gasteiger partial charge is 0.0736 e. The number of fused-ring (bicyclic) bond motifs is 1. The van der Waals surface area contributed by atoms with Crippen molar-refractivity contribution in [3.05, 3.63) is 30.3 Å². The van der Waals surface area contributed by atoms with E-state index in [4.69, 9.17) is 5.73 Å². The number of aliphatic hydroxyl groups is 1. The fraction of sp³-hybridized carbons (Fsp3) is 0.467. The molecule has 2 unspecified atom stereocenters. The third-order valence-corrected chi connectivity index (χ3v) is 4.58. The quantitative estimate of drug-likeness (QED) is 0.753. The van der Waals surface area contributed by atoms with Crippen LogP contribution in [0.4, 0.5) is 0 Å². The second-order valence-electron chi connectivity index (χ2n) is 5.95. The molecule has 0 spiro atoms. The van der Waals surface area contributed by atoms with Crippen LogP contribution in [-0.2, 0) is 0 Å². The lowest BCUT2D eigenvalue weighted by molar-refractivity contribution is 0.233. The summed E-state index contributed by atoms with van der Waals surface area (Å²) >= 11 is 1.62. The molecule has 0 aliphatic rings. The summed E-state index contributed by atoms with van der Waals surface area (Å²) in [6, 6.07) is 10.2. The largest absolute Gasteiger partial charge is 0.395 e. The average Bonchev–Trinajstić information content (AvgIpc) is 2.76. The molecule has 0 aliphatic carbocycles. The van der Waals surface area contributed by atoms with E-state index in [0.717, 1.165) is 10.5 Å². The predicted octanol–water partition coefficient (Wildman–Crippen LogP) is 2.99. The molecule has 4 heteroatoms. The van der Waals surface area contributed by atoms with Gasteiger partial charge in [0.15, 0.2) is 0 Å². The van der Waals surface area contributed by atoms with Crippen LogP contribution in [0, 0.1) is 5.41 Å². The van der Waals surface area contributed by atoms with Crippen molar-refractivity contribution >= 4 is 22.7 Å². The van der Waals surface area contributed by atoms with Gasteiger partial charge in [-0.05, 0) is 17.5 Å². The van der Waals surface area contributed by atoms with Gasteiger partial charge in [-0.15, -0.1) is 11.8 Å². The second kappa shape index (κ2) is 5.57. The third-order valence-electron chi connectivity index (χ3n) is 3.36. The third kappa shape index (κ3) is 3.32. The number of aromatic amines is 1. The molecule has 2 atom stereocenters. The summed E-state index contributed by atoms with van der Waals surface area (Å²) in [7, 11) is 0. The summed E-state index contributed by atoms with van der Waals surface area (Å²) in [6.07, 6.45) is 0. The lowest BCUT2D eigenvalue weighted by atomic mass is 9.85.